The van der Waals surface area contributed by atoms with Crippen molar-refractivity contribution in [2.45, 2.75) is 65.5 Å². The zero-order chi connectivity index (χ0) is 22.2. The number of fused-ring (bicyclic) bond motifs is 1. The fourth-order valence-corrected chi connectivity index (χ4v) is 5.41. The van der Waals surface area contributed by atoms with E-state index in [1.165, 1.54) is 6.07 Å². The molecule has 1 aliphatic heterocycles. The normalized spacial score (nSPS) is 24.4. The van der Waals surface area contributed by atoms with E-state index in [4.69, 9.17) is 0 Å². The number of halogens is 2. The Morgan fingerprint density at radius 1 is 1.06 bits per heavy atom. The van der Waals surface area contributed by atoms with Crippen LogP contribution in [0, 0.1) is 28.9 Å². The highest BCUT2D eigenvalue weighted by molar-refractivity contribution is 5.89. The average molecular weight is 430 g/mol. The number of hydrogen-bond donors (Lipinski definition) is 1. The van der Waals surface area contributed by atoms with Crippen molar-refractivity contribution in [2.75, 3.05) is 11.9 Å². The summed E-state index contributed by atoms with van der Waals surface area (Å²) in [6, 6.07) is 7.05. The van der Waals surface area contributed by atoms with Gasteiger partial charge in [0.2, 0.25) is 0 Å². The number of nitrogens with zero attached hydrogens (tertiary/aromatic N) is 2. The minimum absolute atomic E-state index is 0.0150. The molecule has 1 aliphatic carbocycles. The monoisotopic (exact) mass is 429 g/mol. The molecule has 0 bridgehead atoms. The van der Waals surface area contributed by atoms with E-state index < -0.39 is 11.6 Å². The number of carbonyl (C=O) groups is 1. The Balaban J connectivity index is 1.59. The van der Waals surface area contributed by atoms with Gasteiger partial charge in [-0.15, -0.1) is 0 Å². The Kier molecular flexibility index (Phi) is 6.09. The van der Waals surface area contributed by atoms with Crippen LogP contribution in [0.15, 0.2) is 36.5 Å². The first kappa shape index (κ1) is 21.8. The molecule has 1 unspecified atom stereocenters. The minimum Gasteiger partial charge on any atom is -0.350 e. The number of carbonyl (C=O) groups excluding carboxylic acids is 1. The molecule has 1 fully saturated rings. The maximum absolute atomic E-state index is 14.2. The van der Waals surface area contributed by atoms with E-state index in [2.05, 4.69) is 42.9 Å². The third kappa shape index (κ3) is 4.63. The van der Waals surface area contributed by atoms with Gasteiger partial charge >= 0.3 is 6.03 Å². The standard InChI is InChI=1S/C25H33F2N3O/c1-25(2,3)18-9-7-17(8-10-18)23-22-6-4-13-29(22)14-5-15-30(23)24(31)28-21-12-11-19(26)16-20(21)27/h4,6,11-13,16-18,23H,5,7-10,14-15H2,1-3H3,(H,28,31). The molecule has 168 valence electrons. The molecule has 31 heavy (non-hydrogen) atoms. The van der Waals surface area contributed by atoms with Crippen molar-refractivity contribution in [1.82, 2.24) is 9.47 Å². The third-order valence-electron chi connectivity index (χ3n) is 7.18. The lowest BCUT2D eigenvalue weighted by atomic mass is 9.68. The predicted molar refractivity (Wildman–Crippen MR) is 119 cm³/mol. The van der Waals surface area contributed by atoms with Gasteiger partial charge in [-0.3, -0.25) is 0 Å². The molecule has 1 aromatic heterocycles. The van der Waals surface area contributed by atoms with E-state index in [0.29, 0.717) is 23.8 Å². The van der Waals surface area contributed by atoms with Crippen LogP contribution in [0.3, 0.4) is 0 Å². The van der Waals surface area contributed by atoms with Crippen molar-refractivity contribution in [3.8, 4) is 0 Å². The van der Waals surface area contributed by atoms with E-state index in [9.17, 15) is 13.6 Å². The minimum atomic E-state index is -0.756. The zero-order valence-electron chi connectivity index (χ0n) is 18.7. The number of aryl methyl sites for hydroxylation is 1. The van der Waals surface area contributed by atoms with E-state index >= 15 is 0 Å². The van der Waals surface area contributed by atoms with E-state index in [0.717, 1.165) is 56.5 Å². The number of urea groups is 1. The first-order valence-corrected chi connectivity index (χ1v) is 11.4. The fraction of sp³-hybridized carbons (Fsp3) is 0.560. The highest BCUT2D eigenvalue weighted by atomic mass is 19.1. The summed E-state index contributed by atoms with van der Waals surface area (Å²) in [6.45, 7) is 8.41. The largest absolute Gasteiger partial charge is 0.350 e. The molecule has 1 aromatic carbocycles. The van der Waals surface area contributed by atoms with Crippen LogP contribution in [0.5, 0.6) is 0 Å². The molecule has 4 nitrogen and oxygen atoms in total. The van der Waals surface area contributed by atoms with Gasteiger partial charge in [0, 0.05) is 31.0 Å². The highest BCUT2D eigenvalue weighted by Crippen LogP contribution is 2.46. The van der Waals surface area contributed by atoms with Crippen molar-refractivity contribution in [3.63, 3.8) is 0 Å². The summed E-state index contributed by atoms with van der Waals surface area (Å²) in [7, 11) is 0. The second kappa shape index (κ2) is 8.64. The van der Waals surface area contributed by atoms with Crippen LogP contribution in [-0.2, 0) is 6.54 Å². The van der Waals surface area contributed by atoms with Gasteiger partial charge in [-0.25, -0.2) is 13.6 Å². The summed E-state index contributed by atoms with van der Waals surface area (Å²) in [6.07, 6.45) is 7.40. The van der Waals surface area contributed by atoms with E-state index in [1.54, 1.807) is 0 Å². The second-order valence-corrected chi connectivity index (χ2v) is 10.2. The van der Waals surface area contributed by atoms with Crippen LogP contribution in [0.4, 0.5) is 19.3 Å². The molecular formula is C25H33F2N3O. The summed E-state index contributed by atoms with van der Waals surface area (Å²) >= 11 is 0. The van der Waals surface area contributed by atoms with Gasteiger partial charge < -0.3 is 14.8 Å². The van der Waals surface area contributed by atoms with Gasteiger partial charge in [-0.05, 0) is 73.6 Å². The number of amides is 2. The molecule has 0 radical (unpaired) electrons. The maximum Gasteiger partial charge on any atom is 0.322 e. The molecular weight excluding hydrogens is 396 g/mol. The van der Waals surface area contributed by atoms with Crippen LogP contribution in [0.25, 0.3) is 0 Å². The van der Waals surface area contributed by atoms with Crippen LogP contribution >= 0.6 is 0 Å². The summed E-state index contributed by atoms with van der Waals surface area (Å²) < 4.78 is 29.7. The van der Waals surface area contributed by atoms with Crippen molar-refractivity contribution in [1.29, 1.82) is 0 Å². The maximum atomic E-state index is 14.2. The van der Waals surface area contributed by atoms with Gasteiger partial charge in [-0.2, -0.15) is 0 Å². The van der Waals surface area contributed by atoms with Gasteiger partial charge in [0.15, 0.2) is 0 Å². The Morgan fingerprint density at radius 2 is 1.81 bits per heavy atom. The number of rotatable bonds is 2. The van der Waals surface area contributed by atoms with Crippen LogP contribution in [-0.4, -0.2) is 22.0 Å². The Morgan fingerprint density at radius 3 is 2.48 bits per heavy atom. The molecule has 1 atom stereocenters. The van der Waals surface area contributed by atoms with Crippen LogP contribution in [0.1, 0.15) is 64.6 Å². The smallest absolute Gasteiger partial charge is 0.322 e. The first-order chi connectivity index (χ1) is 14.7. The summed E-state index contributed by atoms with van der Waals surface area (Å²) in [4.78, 5) is 15.2. The number of benzene rings is 1. The Bertz CT molecular complexity index is 925. The SMILES string of the molecule is CC(C)(C)C1CCC(C2c3cccn3CCCN2C(=O)Nc2ccc(F)cc2F)CC1. The highest BCUT2D eigenvalue weighted by Gasteiger charge is 2.39. The zero-order valence-corrected chi connectivity index (χ0v) is 18.7. The molecule has 1 N–H and O–H groups in total. The van der Waals surface area contributed by atoms with Crippen molar-refractivity contribution >= 4 is 11.7 Å². The molecule has 0 spiro atoms. The third-order valence-corrected chi connectivity index (χ3v) is 7.18. The van der Waals surface area contributed by atoms with Gasteiger partial charge in [-0.1, -0.05) is 20.8 Å². The van der Waals surface area contributed by atoms with E-state index in [-0.39, 0.29) is 17.8 Å². The number of hydrogen-bond acceptors (Lipinski definition) is 1. The lowest BCUT2D eigenvalue weighted by Crippen LogP contribution is -2.42. The first-order valence-electron chi connectivity index (χ1n) is 11.4. The van der Waals surface area contributed by atoms with Gasteiger partial charge in [0.1, 0.15) is 11.6 Å². The number of anilines is 1. The topological polar surface area (TPSA) is 37.3 Å². The fourth-order valence-electron chi connectivity index (χ4n) is 5.41. The van der Waals surface area contributed by atoms with E-state index in [1.807, 2.05) is 11.0 Å². The lowest BCUT2D eigenvalue weighted by Gasteiger charge is -2.42. The molecule has 2 heterocycles. The summed E-state index contributed by atoms with van der Waals surface area (Å²) in [5.41, 5.74) is 1.47. The molecule has 6 heteroatoms. The molecule has 2 amide bonds. The predicted octanol–water partition coefficient (Wildman–Crippen LogP) is 6.60. The molecule has 0 saturated heterocycles. The van der Waals surface area contributed by atoms with Crippen molar-refractivity contribution in [2.24, 2.45) is 17.3 Å². The molecule has 1 saturated carbocycles. The van der Waals surface area contributed by atoms with Crippen molar-refractivity contribution < 1.29 is 13.6 Å². The second-order valence-electron chi connectivity index (χ2n) is 10.2. The van der Waals surface area contributed by atoms with Gasteiger partial charge in [0.05, 0.1) is 11.7 Å². The number of nitrogens with one attached hydrogen (secondary N) is 1. The molecule has 4 rings (SSSR count). The van der Waals surface area contributed by atoms with Gasteiger partial charge in [0.25, 0.3) is 0 Å². The van der Waals surface area contributed by atoms with Crippen LogP contribution in [0.2, 0.25) is 0 Å². The Labute approximate surface area is 183 Å². The molecule has 2 aliphatic rings. The Hall–Kier alpha value is -2.37. The summed E-state index contributed by atoms with van der Waals surface area (Å²) in [5.74, 6) is -0.351. The lowest BCUT2D eigenvalue weighted by molar-refractivity contribution is 0.0950. The molecule has 2 aromatic rings. The quantitative estimate of drug-likeness (QED) is 0.574. The van der Waals surface area contributed by atoms with Crippen LogP contribution < -0.4 is 5.32 Å². The average Bonchev–Trinajstić information content (AvgIpc) is 3.09. The number of aromatic nitrogens is 1. The van der Waals surface area contributed by atoms with Crippen molar-refractivity contribution in [3.05, 3.63) is 53.9 Å². The summed E-state index contributed by atoms with van der Waals surface area (Å²) in [5, 5.41) is 2.70.